The molecule has 0 saturated carbocycles. The number of rotatable bonds is 12. The van der Waals surface area contributed by atoms with Gasteiger partial charge in [-0.05, 0) is 50.0 Å². The second kappa shape index (κ2) is 12.2. The summed E-state index contributed by atoms with van der Waals surface area (Å²) in [5.41, 5.74) is 1.61. The maximum Gasteiger partial charge on any atom is 0.333 e. The molecule has 1 aromatic carbocycles. The van der Waals surface area contributed by atoms with E-state index in [2.05, 4.69) is 19.2 Å². The van der Waals surface area contributed by atoms with Crippen molar-refractivity contribution in [2.45, 2.75) is 57.9 Å². The van der Waals surface area contributed by atoms with Gasteiger partial charge in [-0.25, -0.2) is 4.79 Å². The van der Waals surface area contributed by atoms with E-state index in [-0.39, 0.29) is 10.8 Å². The van der Waals surface area contributed by atoms with Crippen LogP contribution in [0.15, 0.2) is 57.9 Å². The van der Waals surface area contributed by atoms with E-state index in [1.165, 1.54) is 18.9 Å². The van der Waals surface area contributed by atoms with Gasteiger partial charge < -0.3 is 14.8 Å². The summed E-state index contributed by atoms with van der Waals surface area (Å²) in [6.45, 7) is 8.41. The quantitative estimate of drug-likeness (QED) is 0.225. The molecule has 32 heavy (non-hydrogen) atoms. The minimum atomic E-state index is -0.907. The molecule has 0 saturated heterocycles. The summed E-state index contributed by atoms with van der Waals surface area (Å²) in [6, 6.07) is 6.15. The SMILES string of the molecule is C/C=C\C(=C/C)C1=C(C(=O)NC(C(=O)OC)c2ccc(OCC(Cl)(CC)CCC)cc2)S1. The van der Waals surface area contributed by atoms with Crippen LogP contribution in [-0.4, -0.2) is 30.5 Å². The predicted octanol–water partition coefficient (Wildman–Crippen LogP) is 6.06. The Balaban J connectivity index is 2.11. The number of hydrogen-bond acceptors (Lipinski definition) is 5. The second-order valence-corrected chi connectivity index (χ2v) is 9.37. The van der Waals surface area contributed by atoms with Crippen molar-refractivity contribution in [3.8, 4) is 5.75 Å². The Morgan fingerprint density at radius 3 is 2.41 bits per heavy atom. The third-order valence-electron chi connectivity index (χ3n) is 5.25. The highest BCUT2D eigenvalue weighted by atomic mass is 35.5. The average molecular weight is 478 g/mol. The number of benzene rings is 1. The third kappa shape index (κ3) is 6.91. The Bertz CT molecular complexity index is 907. The van der Waals surface area contributed by atoms with Crippen molar-refractivity contribution in [2.75, 3.05) is 13.7 Å². The summed E-state index contributed by atoms with van der Waals surface area (Å²) in [5.74, 6) is -0.169. The molecular weight excluding hydrogens is 446 g/mol. The predicted molar refractivity (Wildman–Crippen MR) is 132 cm³/mol. The fourth-order valence-corrected chi connectivity index (χ4v) is 4.32. The van der Waals surface area contributed by atoms with Crippen LogP contribution in [-0.2, 0) is 14.3 Å². The van der Waals surface area contributed by atoms with E-state index >= 15 is 0 Å². The van der Waals surface area contributed by atoms with Gasteiger partial charge in [-0.3, -0.25) is 4.79 Å². The fraction of sp³-hybridized carbons (Fsp3) is 0.440. The Hall–Kier alpha value is -2.18. The van der Waals surface area contributed by atoms with Crippen LogP contribution in [0.25, 0.3) is 0 Å². The lowest BCUT2D eigenvalue weighted by Gasteiger charge is -2.25. The smallest absolute Gasteiger partial charge is 0.333 e. The number of allylic oxidation sites excluding steroid dienone is 4. The molecule has 0 spiro atoms. The molecule has 1 heterocycles. The summed E-state index contributed by atoms with van der Waals surface area (Å²) in [4.78, 5) is 26.3. The molecule has 1 amide bonds. The number of carbonyl (C=O) groups excluding carboxylic acids is 2. The lowest BCUT2D eigenvalue weighted by atomic mass is 10.0. The molecule has 2 rings (SSSR count). The molecule has 0 radical (unpaired) electrons. The number of alkyl halides is 1. The first-order valence-electron chi connectivity index (χ1n) is 10.8. The number of nitrogens with one attached hydrogen (secondary N) is 1. The molecule has 1 aliphatic rings. The molecule has 0 bridgehead atoms. The van der Waals surface area contributed by atoms with E-state index in [1.54, 1.807) is 24.3 Å². The molecule has 5 nitrogen and oxygen atoms in total. The lowest BCUT2D eigenvalue weighted by molar-refractivity contribution is -0.144. The number of thioether (sulfide) groups is 1. The first-order valence-corrected chi connectivity index (χ1v) is 12.0. The summed E-state index contributed by atoms with van der Waals surface area (Å²) in [5, 5.41) is 2.79. The van der Waals surface area contributed by atoms with Gasteiger partial charge in [0.15, 0.2) is 6.04 Å². The van der Waals surface area contributed by atoms with Crippen LogP contribution in [0.1, 0.15) is 58.6 Å². The molecule has 1 N–H and O–H groups in total. The molecule has 1 aromatic rings. The Morgan fingerprint density at radius 1 is 1.19 bits per heavy atom. The van der Waals surface area contributed by atoms with E-state index in [0.29, 0.717) is 22.8 Å². The number of amides is 1. The monoisotopic (exact) mass is 477 g/mol. The molecular formula is C25H32ClNO4S. The maximum absolute atomic E-state index is 12.7. The molecule has 0 aromatic heterocycles. The van der Waals surface area contributed by atoms with Gasteiger partial charge in [0.2, 0.25) is 0 Å². The van der Waals surface area contributed by atoms with E-state index in [1.807, 2.05) is 32.1 Å². The van der Waals surface area contributed by atoms with Gasteiger partial charge in [-0.2, -0.15) is 0 Å². The van der Waals surface area contributed by atoms with Crippen molar-refractivity contribution in [3.63, 3.8) is 0 Å². The summed E-state index contributed by atoms with van der Waals surface area (Å²) < 4.78 is 10.8. The molecule has 0 aliphatic carbocycles. The highest BCUT2D eigenvalue weighted by Gasteiger charge is 2.34. The lowest BCUT2D eigenvalue weighted by Crippen LogP contribution is -2.34. The number of halogens is 1. The van der Waals surface area contributed by atoms with Gasteiger partial charge in [0.05, 0.1) is 16.9 Å². The van der Waals surface area contributed by atoms with E-state index < -0.39 is 12.0 Å². The Labute approximate surface area is 200 Å². The highest BCUT2D eigenvalue weighted by Crippen LogP contribution is 2.50. The topological polar surface area (TPSA) is 64.6 Å². The zero-order valence-electron chi connectivity index (χ0n) is 19.4. The molecule has 1 aliphatic heterocycles. The van der Waals surface area contributed by atoms with Gasteiger partial charge >= 0.3 is 5.97 Å². The maximum atomic E-state index is 12.7. The van der Waals surface area contributed by atoms with Crippen LogP contribution in [0.2, 0.25) is 0 Å². The second-order valence-electron chi connectivity index (χ2n) is 7.55. The summed E-state index contributed by atoms with van der Waals surface area (Å²) in [6.07, 6.45) is 8.51. The van der Waals surface area contributed by atoms with Gasteiger partial charge in [0, 0.05) is 4.91 Å². The number of esters is 1. The fourth-order valence-electron chi connectivity index (χ4n) is 3.26. The van der Waals surface area contributed by atoms with Gasteiger partial charge in [0.25, 0.3) is 5.91 Å². The normalized spacial score (nSPS) is 16.5. The van der Waals surface area contributed by atoms with Crippen molar-refractivity contribution >= 4 is 35.2 Å². The van der Waals surface area contributed by atoms with Crippen LogP contribution in [0.5, 0.6) is 5.75 Å². The van der Waals surface area contributed by atoms with Crippen LogP contribution in [0.3, 0.4) is 0 Å². The van der Waals surface area contributed by atoms with Gasteiger partial charge in [-0.15, -0.1) is 11.6 Å². The van der Waals surface area contributed by atoms with Crippen molar-refractivity contribution < 1.29 is 19.1 Å². The van der Waals surface area contributed by atoms with Crippen LogP contribution in [0, 0.1) is 0 Å². The zero-order chi connectivity index (χ0) is 23.7. The van der Waals surface area contributed by atoms with Crippen LogP contribution in [0.4, 0.5) is 0 Å². The minimum Gasteiger partial charge on any atom is -0.492 e. The van der Waals surface area contributed by atoms with Crippen molar-refractivity contribution in [2.24, 2.45) is 0 Å². The molecule has 2 atom stereocenters. The molecule has 2 unspecified atom stereocenters. The van der Waals surface area contributed by atoms with Gasteiger partial charge in [0.1, 0.15) is 12.4 Å². The van der Waals surface area contributed by atoms with E-state index in [0.717, 1.165) is 29.7 Å². The Morgan fingerprint density at radius 2 is 1.88 bits per heavy atom. The third-order valence-corrected chi connectivity index (χ3v) is 6.85. The van der Waals surface area contributed by atoms with Crippen molar-refractivity contribution in [1.29, 1.82) is 0 Å². The largest absolute Gasteiger partial charge is 0.492 e. The molecule has 7 heteroatoms. The minimum absolute atomic E-state index is 0.293. The summed E-state index contributed by atoms with van der Waals surface area (Å²) >= 11 is 8.03. The van der Waals surface area contributed by atoms with E-state index in [4.69, 9.17) is 21.1 Å². The highest BCUT2D eigenvalue weighted by molar-refractivity contribution is 8.14. The van der Waals surface area contributed by atoms with Crippen molar-refractivity contribution in [3.05, 3.63) is 63.4 Å². The van der Waals surface area contributed by atoms with Crippen molar-refractivity contribution in [1.82, 2.24) is 5.32 Å². The number of carbonyl (C=O) groups is 2. The zero-order valence-corrected chi connectivity index (χ0v) is 20.9. The van der Waals surface area contributed by atoms with E-state index in [9.17, 15) is 9.59 Å². The number of methoxy groups -OCH3 is 1. The van der Waals surface area contributed by atoms with Crippen LogP contribution < -0.4 is 10.1 Å². The summed E-state index contributed by atoms with van der Waals surface area (Å²) in [7, 11) is 1.30. The number of hydrogen-bond donors (Lipinski definition) is 1. The number of ether oxygens (including phenoxy) is 2. The average Bonchev–Trinajstić information content (AvgIpc) is 3.60. The van der Waals surface area contributed by atoms with Crippen LogP contribution >= 0.6 is 23.4 Å². The van der Waals surface area contributed by atoms with Gasteiger partial charge in [-0.1, -0.05) is 62.4 Å². The molecule has 0 fully saturated rings. The first-order chi connectivity index (χ1) is 15.3. The Kier molecular flexibility index (Phi) is 9.91. The first kappa shape index (κ1) is 26.1. The standard InChI is InChI=1S/C25H32ClNO4S/c1-6-10-17(8-3)21-22(32-21)23(28)27-20(24(29)30-5)18-11-13-19(14-12-18)31-16-25(26,9-4)15-7-2/h6,8,10-14,20H,7,9,15-16H2,1-5H3,(H,27,28)/b10-6-,17-8+. The molecule has 174 valence electrons.